The molecule has 0 saturated heterocycles. The molecule has 0 spiro atoms. The molecule has 76 valence electrons. The average Bonchev–Trinajstić information content (AvgIpc) is 2.83. The summed E-state index contributed by atoms with van der Waals surface area (Å²) >= 11 is 1.44. The van der Waals surface area contributed by atoms with Gasteiger partial charge in [0.2, 0.25) is 0 Å². The number of aliphatic carboxylic acids is 1. The molecule has 1 heterocycles. The monoisotopic (exact) mass is 212 g/mol. The van der Waals surface area contributed by atoms with E-state index in [-0.39, 0.29) is 0 Å². The Kier molecular flexibility index (Phi) is 2.06. The van der Waals surface area contributed by atoms with Crippen LogP contribution in [0.1, 0.15) is 42.6 Å². The van der Waals surface area contributed by atoms with Crippen molar-refractivity contribution in [1.82, 2.24) is 10.2 Å². The lowest BCUT2D eigenvalue weighted by Gasteiger charge is -2.13. The number of hydrogen-bond donors (Lipinski definition) is 1. The summed E-state index contributed by atoms with van der Waals surface area (Å²) in [4.78, 5) is 11.0. The van der Waals surface area contributed by atoms with Gasteiger partial charge in [0.05, 0.1) is 0 Å². The summed E-state index contributed by atoms with van der Waals surface area (Å²) in [6, 6.07) is 0. The fraction of sp³-hybridized carbons (Fsp3) is 0.667. The van der Waals surface area contributed by atoms with Gasteiger partial charge in [0, 0.05) is 5.92 Å². The smallest absolute Gasteiger partial charge is 0.316 e. The Bertz CT molecular complexity index is 369. The number of aromatic nitrogens is 2. The Morgan fingerprint density at radius 1 is 1.50 bits per heavy atom. The van der Waals surface area contributed by atoms with Crippen LogP contribution in [0, 0.1) is 0 Å². The second-order valence-corrected chi connectivity index (χ2v) is 5.16. The van der Waals surface area contributed by atoms with E-state index in [0.717, 1.165) is 5.01 Å². The van der Waals surface area contributed by atoms with Crippen LogP contribution in [0.25, 0.3) is 0 Å². The molecule has 0 radical (unpaired) electrons. The predicted octanol–water partition coefficient (Wildman–Crippen LogP) is 1.78. The maximum Gasteiger partial charge on any atom is 0.316 e. The largest absolute Gasteiger partial charge is 0.481 e. The second kappa shape index (κ2) is 3.02. The quantitative estimate of drug-likeness (QED) is 0.829. The number of nitrogens with zero attached hydrogens (tertiary/aromatic N) is 2. The van der Waals surface area contributed by atoms with Gasteiger partial charge in [-0.1, -0.05) is 0 Å². The molecule has 0 aromatic carbocycles. The highest BCUT2D eigenvalue weighted by molar-refractivity contribution is 7.11. The van der Waals surface area contributed by atoms with Crippen molar-refractivity contribution in [3.05, 3.63) is 10.0 Å². The van der Waals surface area contributed by atoms with Crippen molar-refractivity contribution in [3.63, 3.8) is 0 Å². The van der Waals surface area contributed by atoms with E-state index in [1.807, 2.05) is 0 Å². The second-order valence-electron chi connectivity index (χ2n) is 4.15. The first-order chi connectivity index (χ1) is 6.51. The Labute approximate surface area is 86.0 Å². The lowest BCUT2D eigenvalue weighted by molar-refractivity contribution is -0.142. The van der Waals surface area contributed by atoms with Crippen molar-refractivity contribution in [2.45, 2.75) is 38.0 Å². The number of carboxylic acids is 1. The van der Waals surface area contributed by atoms with Gasteiger partial charge in [-0.05, 0) is 26.7 Å². The van der Waals surface area contributed by atoms with E-state index in [9.17, 15) is 4.79 Å². The van der Waals surface area contributed by atoms with E-state index >= 15 is 0 Å². The molecule has 1 aromatic heterocycles. The highest BCUT2D eigenvalue weighted by Crippen LogP contribution is 2.42. The Morgan fingerprint density at radius 3 is 2.64 bits per heavy atom. The zero-order valence-electron chi connectivity index (χ0n) is 8.15. The van der Waals surface area contributed by atoms with Gasteiger partial charge in [0.25, 0.3) is 0 Å². The first-order valence-electron chi connectivity index (χ1n) is 4.59. The van der Waals surface area contributed by atoms with Crippen molar-refractivity contribution in [2.75, 3.05) is 0 Å². The number of hydrogen-bond acceptors (Lipinski definition) is 4. The molecule has 1 saturated carbocycles. The minimum atomic E-state index is -0.912. The van der Waals surface area contributed by atoms with Crippen molar-refractivity contribution in [3.8, 4) is 0 Å². The molecule has 5 heteroatoms. The van der Waals surface area contributed by atoms with E-state index < -0.39 is 11.4 Å². The lowest BCUT2D eigenvalue weighted by atomic mass is 9.95. The molecule has 1 aliphatic rings. The van der Waals surface area contributed by atoms with Crippen molar-refractivity contribution < 1.29 is 9.90 Å². The molecule has 1 fully saturated rings. The van der Waals surface area contributed by atoms with Crippen LogP contribution in [0.2, 0.25) is 0 Å². The number of carboxylic acid groups (broad SMARTS) is 1. The number of rotatable bonds is 3. The first-order valence-corrected chi connectivity index (χ1v) is 5.40. The zero-order chi connectivity index (χ0) is 10.3. The molecule has 0 atom stereocenters. The Hall–Kier alpha value is -0.970. The van der Waals surface area contributed by atoms with Gasteiger partial charge in [-0.3, -0.25) is 4.79 Å². The first kappa shape index (κ1) is 9.58. The summed E-state index contributed by atoms with van der Waals surface area (Å²) < 4.78 is 0. The zero-order valence-corrected chi connectivity index (χ0v) is 8.97. The SMILES string of the molecule is CC(C)(C(=O)O)c1nnc(C2CC2)s1. The van der Waals surface area contributed by atoms with Crippen molar-refractivity contribution in [1.29, 1.82) is 0 Å². The third kappa shape index (κ3) is 1.52. The maximum atomic E-state index is 11.0. The molecule has 4 nitrogen and oxygen atoms in total. The fourth-order valence-electron chi connectivity index (χ4n) is 1.07. The van der Waals surface area contributed by atoms with Crippen LogP contribution in [-0.4, -0.2) is 21.3 Å². The average molecular weight is 212 g/mol. The van der Waals surface area contributed by atoms with Gasteiger partial charge >= 0.3 is 5.97 Å². The van der Waals surface area contributed by atoms with Gasteiger partial charge in [-0.25, -0.2) is 0 Å². The molecule has 0 unspecified atom stereocenters. The Morgan fingerprint density at radius 2 is 2.14 bits per heavy atom. The normalized spacial score (nSPS) is 17.0. The third-order valence-electron chi connectivity index (χ3n) is 2.44. The van der Waals surface area contributed by atoms with Crippen LogP contribution in [0.4, 0.5) is 0 Å². The predicted molar refractivity (Wildman–Crippen MR) is 52.5 cm³/mol. The topological polar surface area (TPSA) is 63.1 Å². The highest BCUT2D eigenvalue weighted by Gasteiger charge is 2.36. The molecule has 14 heavy (non-hydrogen) atoms. The van der Waals surface area contributed by atoms with Gasteiger partial charge in [0.1, 0.15) is 15.4 Å². The van der Waals surface area contributed by atoms with Gasteiger partial charge < -0.3 is 5.11 Å². The van der Waals surface area contributed by atoms with Gasteiger partial charge in [0.15, 0.2) is 0 Å². The van der Waals surface area contributed by atoms with Gasteiger partial charge in [-0.15, -0.1) is 21.5 Å². The lowest BCUT2D eigenvalue weighted by Crippen LogP contribution is -2.28. The highest BCUT2D eigenvalue weighted by atomic mass is 32.1. The third-order valence-corrected chi connectivity index (χ3v) is 3.85. The standard InChI is InChI=1S/C9H12N2O2S/c1-9(2,8(12)13)7-11-10-6(14-7)5-3-4-5/h5H,3-4H2,1-2H3,(H,12,13). The van der Waals surface area contributed by atoms with E-state index in [1.165, 1.54) is 24.2 Å². The van der Waals surface area contributed by atoms with E-state index in [4.69, 9.17) is 5.11 Å². The summed E-state index contributed by atoms with van der Waals surface area (Å²) in [6.45, 7) is 3.32. The molecule has 2 rings (SSSR count). The molecular weight excluding hydrogens is 200 g/mol. The molecule has 1 aromatic rings. The fourth-order valence-corrected chi connectivity index (χ4v) is 2.18. The van der Waals surface area contributed by atoms with Crippen LogP contribution in [0.15, 0.2) is 0 Å². The van der Waals surface area contributed by atoms with E-state index in [0.29, 0.717) is 10.9 Å². The van der Waals surface area contributed by atoms with Crippen LogP contribution in [-0.2, 0) is 10.2 Å². The van der Waals surface area contributed by atoms with E-state index in [2.05, 4.69) is 10.2 Å². The molecular formula is C9H12N2O2S. The summed E-state index contributed by atoms with van der Waals surface area (Å²) in [5.41, 5.74) is -0.912. The van der Waals surface area contributed by atoms with Crippen LogP contribution < -0.4 is 0 Å². The van der Waals surface area contributed by atoms with E-state index in [1.54, 1.807) is 13.8 Å². The molecule has 0 aliphatic heterocycles. The molecule has 0 bridgehead atoms. The summed E-state index contributed by atoms with van der Waals surface area (Å²) in [5, 5.41) is 18.6. The molecule has 0 amide bonds. The van der Waals surface area contributed by atoms with Crippen molar-refractivity contribution >= 4 is 17.3 Å². The Balaban J connectivity index is 2.27. The summed E-state index contributed by atoms with van der Waals surface area (Å²) in [5.74, 6) is -0.304. The molecule has 1 aliphatic carbocycles. The van der Waals surface area contributed by atoms with Gasteiger partial charge in [-0.2, -0.15) is 0 Å². The summed E-state index contributed by atoms with van der Waals surface area (Å²) in [7, 11) is 0. The number of carbonyl (C=O) groups is 1. The van der Waals surface area contributed by atoms with Crippen LogP contribution >= 0.6 is 11.3 Å². The van der Waals surface area contributed by atoms with Crippen molar-refractivity contribution in [2.24, 2.45) is 0 Å². The maximum absolute atomic E-state index is 11.0. The molecule has 1 N–H and O–H groups in total. The minimum Gasteiger partial charge on any atom is -0.481 e. The van der Waals surface area contributed by atoms with Crippen LogP contribution in [0.5, 0.6) is 0 Å². The summed E-state index contributed by atoms with van der Waals surface area (Å²) in [6.07, 6.45) is 2.34. The minimum absolute atomic E-state index is 0.547. The van der Waals surface area contributed by atoms with Crippen LogP contribution in [0.3, 0.4) is 0 Å².